The highest BCUT2D eigenvalue weighted by Crippen LogP contribution is 2.31. The number of hydrogen-bond donors (Lipinski definition) is 0. The van der Waals surface area contributed by atoms with E-state index in [0.717, 1.165) is 24.9 Å². The van der Waals surface area contributed by atoms with Crippen molar-refractivity contribution in [2.45, 2.75) is 55.9 Å². The van der Waals surface area contributed by atoms with Crippen LogP contribution < -0.4 is 0 Å². The first-order valence-corrected chi connectivity index (χ1v) is 8.61. The fraction of sp³-hybridized carbons (Fsp3) is 0.500. The largest absolute Gasteiger partial charge is 0.298 e. The monoisotopic (exact) mass is 316 g/mol. The lowest BCUT2D eigenvalue weighted by Gasteiger charge is -2.19. The minimum atomic E-state index is -0.00608. The van der Waals surface area contributed by atoms with Crippen molar-refractivity contribution in [1.29, 1.82) is 0 Å². The summed E-state index contributed by atoms with van der Waals surface area (Å²) in [6.45, 7) is 4.34. The summed E-state index contributed by atoms with van der Waals surface area (Å²) in [4.78, 5) is 12.0. The van der Waals surface area contributed by atoms with Gasteiger partial charge in [0.2, 0.25) is 5.16 Å². The van der Waals surface area contributed by atoms with E-state index < -0.39 is 0 Å². The van der Waals surface area contributed by atoms with Crippen LogP contribution in [-0.2, 0) is 4.79 Å². The van der Waals surface area contributed by atoms with Gasteiger partial charge in [-0.05, 0) is 46.9 Å². The third-order valence-corrected chi connectivity index (χ3v) is 5.24. The van der Waals surface area contributed by atoms with Crippen LogP contribution in [0, 0.1) is 0 Å². The molecule has 1 aliphatic rings. The number of carbonyl (C=O) groups excluding carboxylic acids is 1. The van der Waals surface area contributed by atoms with Crippen LogP contribution in [0.25, 0.3) is 5.69 Å². The second kappa shape index (κ2) is 6.60. The molecule has 0 N–H and O–H groups in total. The molecule has 22 heavy (non-hydrogen) atoms. The van der Waals surface area contributed by atoms with Crippen LogP contribution in [0.15, 0.2) is 29.4 Å². The van der Waals surface area contributed by atoms with Crippen LogP contribution in [0.3, 0.4) is 0 Å². The van der Waals surface area contributed by atoms with Gasteiger partial charge in [0, 0.05) is 6.42 Å². The first-order valence-electron chi connectivity index (χ1n) is 7.73. The number of thioether (sulfide) groups is 1. The standard InChI is InChI=1S/C16H20N4OS/c1-11(2)12-7-9-13(10-8-12)20-16(17-18-19-20)22-15-6-4-3-5-14(15)21/h7-11,15H,3-6H2,1-2H3. The summed E-state index contributed by atoms with van der Waals surface area (Å²) < 4.78 is 1.72. The lowest BCUT2D eigenvalue weighted by Crippen LogP contribution is -2.21. The molecule has 1 atom stereocenters. The molecule has 0 aliphatic heterocycles. The smallest absolute Gasteiger partial charge is 0.214 e. The first kappa shape index (κ1) is 15.2. The zero-order valence-electron chi connectivity index (χ0n) is 12.9. The molecule has 0 saturated heterocycles. The van der Waals surface area contributed by atoms with Crippen LogP contribution in [0.4, 0.5) is 0 Å². The molecule has 1 heterocycles. The van der Waals surface area contributed by atoms with Gasteiger partial charge in [0.15, 0.2) is 0 Å². The maximum Gasteiger partial charge on any atom is 0.214 e. The third-order valence-electron chi connectivity index (χ3n) is 3.99. The van der Waals surface area contributed by atoms with Crippen molar-refractivity contribution in [3.05, 3.63) is 29.8 Å². The summed E-state index contributed by atoms with van der Waals surface area (Å²) in [7, 11) is 0. The van der Waals surface area contributed by atoms with E-state index in [2.05, 4.69) is 41.5 Å². The zero-order chi connectivity index (χ0) is 15.5. The molecule has 1 aromatic carbocycles. The molecule has 6 heteroatoms. The number of tetrazole rings is 1. The summed E-state index contributed by atoms with van der Waals surface area (Å²) in [5.74, 6) is 0.817. The van der Waals surface area contributed by atoms with E-state index >= 15 is 0 Å². The van der Waals surface area contributed by atoms with Crippen LogP contribution in [0.2, 0.25) is 0 Å². The van der Waals surface area contributed by atoms with E-state index in [1.807, 2.05) is 12.1 Å². The Bertz CT molecular complexity index is 650. The van der Waals surface area contributed by atoms with Gasteiger partial charge in [0.05, 0.1) is 10.9 Å². The molecule has 1 aromatic heterocycles. The van der Waals surface area contributed by atoms with Crippen LogP contribution >= 0.6 is 11.8 Å². The number of rotatable bonds is 4. The number of benzene rings is 1. The number of hydrogen-bond acceptors (Lipinski definition) is 5. The number of ketones is 1. The van der Waals surface area contributed by atoms with Gasteiger partial charge in [0.25, 0.3) is 0 Å². The molecule has 1 aliphatic carbocycles. The Hall–Kier alpha value is -1.69. The second-order valence-corrected chi connectivity index (χ2v) is 7.11. The molecule has 5 nitrogen and oxygen atoms in total. The molecular weight excluding hydrogens is 296 g/mol. The van der Waals surface area contributed by atoms with Gasteiger partial charge in [-0.25, -0.2) is 0 Å². The summed E-state index contributed by atoms with van der Waals surface area (Å²) in [6.07, 6.45) is 3.72. The van der Waals surface area contributed by atoms with Gasteiger partial charge in [-0.3, -0.25) is 4.79 Å². The van der Waals surface area contributed by atoms with Crippen molar-refractivity contribution >= 4 is 17.5 Å². The van der Waals surface area contributed by atoms with Gasteiger partial charge in [-0.2, -0.15) is 4.68 Å². The van der Waals surface area contributed by atoms with E-state index in [0.29, 0.717) is 23.3 Å². The summed E-state index contributed by atoms with van der Waals surface area (Å²) in [5.41, 5.74) is 2.22. The molecule has 0 spiro atoms. The first-order chi connectivity index (χ1) is 10.6. The summed E-state index contributed by atoms with van der Waals surface area (Å²) in [6, 6.07) is 8.25. The Morgan fingerprint density at radius 3 is 2.68 bits per heavy atom. The van der Waals surface area contributed by atoms with Crippen molar-refractivity contribution in [1.82, 2.24) is 20.2 Å². The fourth-order valence-electron chi connectivity index (χ4n) is 2.62. The van der Waals surface area contributed by atoms with E-state index in [1.54, 1.807) is 4.68 Å². The van der Waals surface area contributed by atoms with Gasteiger partial charge in [-0.15, -0.1) is 5.10 Å². The topological polar surface area (TPSA) is 60.7 Å². The number of Topliss-reactive ketones (excluding diaryl/α,β-unsaturated/α-hetero) is 1. The van der Waals surface area contributed by atoms with Gasteiger partial charge in [0.1, 0.15) is 5.78 Å². The van der Waals surface area contributed by atoms with Crippen LogP contribution in [0.5, 0.6) is 0 Å². The SMILES string of the molecule is CC(C)c1ccc(-n2nnnc2SC2CCCCC2=O)cc1. The lowest BCUT2D eigenvalue weighted by atomic mass is 9.99. The Balaban J connectivity index is 1.80. The molecule has 0 amide bonds. The molecule has 1 saturated carbocycles. The number of carbonyl (C=O) groups is 1. The van der Waals surface area contributed by atoms with Crippen molar-refractivity contribution < 1.29 is 4.79 Å². The summed E-state index contributed by atoms with van der Waals surface area (Å²) >= 11 is 1.49. The highest BCUT2D eigenvalue weighted by atomic mass is 32.2. The molecule has 1 fully saturated rings. The van der Waals surface area contributed by atoms with E-state index in [-0.39, 0.29) is 5.25 Å². The minimum Gasteiger partial charge on any atom is -0.298 e. The van der Waals surface area contributed by atoms with Crippen molar-refractivity contribution in [3.8, 4) is 5.69 Å². The predicted molar refractivity (Wildman–Crippen MR) is 86.4 cm³/mol. The molecular formula is C16H20N4OS. The Labute approximate surface area is 134 Å². The Kier molecular flexibility index (Phi) is 4.57. The fourth-order valence-corrected chi connectivity index (χ4v) is 3.73. The maximum absolute atomic E-state index is 12.0. The minimum absolute atomic E-state index is 0.00608. The second-order valence-electron chi connectivity index (χ2n) is 5.94. The normalized spacial score (nSPS) is 18.9. The number of nitrogens with zero attached hydrogens (tertiary/aromatic N) is 4. The van der Waals surface area contributed by atoms with Gasteiger partial charge < -0.3 is 0 Å². The lowest BCUT2D eigenvalue weighted by molar-refractivity contribution is -0.119. The Morgan fingerprint density at radius 1 is 1.23 bits per heavy atom. The van der Waals surface area contributed by atoms with Crippen molar-refractivity contribution in [2.75, 3.05) is 0 Å². The van der Waals surface area contributed by atoms with Crippen molar-refractivity contribution in [2.24, 2.45) is 0 Å². The van der Waals surface area contributed by atoms with E-state index in [9.17, 15) is 4.79 Å². The number of aromatic nitrogens is 4. The van der Waals surface area contributed by atoms with E-state index in [4.69, 9.17) is 0 Å². The molecule has 0 radical (unpaired) electrons. The van der Waals surface area contributed by atoms with E-state index in [1.165, 1.54) is 17.3 Å². The Morgan fingerprint density at radius 2 is 2.00 bits per heavy atom. The predicted octanol–water partition coefficient (Wildman–Crippen LogP) is 3.39. The van der Waals surface area contributed by atoms with Crippen molar-refractivity contribution in [3.63, 3.8) is 0 Å². The van der Waals surface area contributed by atoms with Gasteiger partial charge in [-0.1, -0.05) is 44.2 Å². The molecule has 0 bridgehead atoms. The highest BCUT2D eigenvalue weighted by Gasteiger charge is 2.25. The molecule has 2 aromatic rings. The average Bonchev–Trinajstić information content (AvgIpc) is 2.98. The quantitative estimate of drug-likeness (QED) is 0.865. The zero-order valence-corrected chi connectivity index (χ0v) is 13.7. The average molecular weight is 316 g/mol. The van der Waals surface area contributed by atoms with Crippen LogP contribution in [-0.4, -0.2) is 31.2 Å². The van der Waals surface area contributed by atoms with Gasteiger partial charge >= 0.3 is 0 Å². The molecule has 3 rings (SSSR count). The maximum atomic E-state index is 12.0. The third kappa shape index (κ3) is 3.21. The molecule has 1 unspecified atom stereocenters. The summed E-state index contributed by atoms with van der Waals surface area (Å²) in [5, 5.41) is 12.6. The molecule has 116 valence electrons. The highest BCUT2D eigenvalue weighted by molar-refractivity contribution is 8.00. The van der Waals surface area contributed by atoms with Crippen LogP contribution in [0.1, 0.15) is 51.0 Å².